The van der Waals surface area contributed by atoms with Gasteiger partial charge in [-0.2, -0.15) is 0 Å². The fourth-order valence-corrected chi connectivity index (χ4v) is 5.73. The van der Waals surface area contributed by atoms with Gasteiger partial charge in [0.25, 0.3) is 0 Å². The van der Waals surface area contributed by atoms with E-state index < -0.39 is 28.5 Å². The van der Waals surface area contributed by atoms with Crippen LogP contribution in [0, 0.1) is 6.92 Å². The zero-order chi connectivity index (χ0) is 29.4. The zero-order valence-corrected chi connectivity index (χ0v) is 25.6. The Morgan fingerprint density at radius 3 is 2.23 bits per heavy atom. The van der Waals surface area contributed by atoms with E-state index in [9.17, 15) is 18.0 Å². The van der Waals surface area contributed by atoms with Crippen LogP contribution in [0.5, 0.6) is 0 Å². The van der Waals surface area contributed by atoms with Crippen molar-refractivity contribution in [2.24, 2.45) is 0 Å². The summed E-state index contributed by atoms with van der Waals surface area (Å²) < 4.78 is 26.9. The van der Waals surface area contributed by atoms with Crippen molar-refractivity contribution in [3.8, 4) is 0 Å². The second-order valence-corrected chi connectivity index (χ2v) is 12.6. The molecule has 0 radical (unpaired) electrons. The number of rotatable bonds is 12. The van der Waals surface area contributed by atoms with Gasteiger partial charge < -0.3 is 10.2 Å². The Bertz CT molecular complexity index is 1450. The minimum Gasteiger partial charge on any atom is -0.354 e. The number of sulfonamides is 1. The summed E-state index contributed by atoms with van der Waals surface area (Å²) in [7, 11) is -3.91. The predicted octanol–water partition coefficient (Wildman–Crippen LogP) is 5.89. The molecular formula is C29H32Cl3N3O4S. The molecule has 3 aromatic carbocycles. The normalized spacial score (nSPS) is 12.1. The molecule has 0 aliphatic rings. The molecule has 0 aliphatic heterocycles. The van der Waals surface area contributed by atoms with E-state index in [1.54, 1.807) is 37.3 Å². The summed E-state index contributed by atoms with van der Waals surface area (Å²) in [5, 5.41) is 3.97. The van der Waals surface area contributed by atoms with E-state index in [1.807, 2.05) is 37.3 Å². The number of nitrogens with one attached hydrogen (secondary N) is 1. The fourth-order valence-electron chi connectivity index (χ4n) is 4.20. The number of benzene rings is 3. The Kier molecular flexibility index (Phi) is 11.3. The first kappa shape index (κ1) is 31.7. The van der Waals surface area contributed by atoms with Crippen LogP contribution in [0.4, 0.5) is 5.69 Å². The lowest BCUT2D eigenvalue weighted by atomic mass is 10.0. The van der Waals surface area contributed by atoms with Gasteiger partial charge in [0.05, 0.1) is 11.9 Å². The van der Waals surface area contributed by atoms with Gasteiger partial charge >= 0.3 is 0 Å². The Morgan fingerprint density at radius 2 is 1.60 bits per heavy atom. The highest BCUT2D eigenvalue weighted by Crippen LogP contribution is 2.28. The zero-order valence-electron chi connectivity index (χ0n) is 22.5. The van der Waals surface area contributed by atoms with E-state index in [4.69, 9.17) is 34.8 Å². The number of aryl methyl sites for hydroxylation is 1. The molecule has 3 rings (SSSR count). The highest BCUT2D eigenvalue weighted by molar-refractivity contribution is 7.92. The van der Waals surface area contributed by atoms with E-state index in [0.717, 1.165) is 16.1 Å². The third-order valence-electron chi connectivity index (χ3n) is 6.30. The molecule has 7 nitrogen and oxygen atoms in total. The van der Waals surface area contributed by atoms with Crippen molar-refractivity contribution < 1.29 is 18.0 Å². The van der Waals surface area contributed by atoms with Gasteiger partial charge in [-0.05, 0) is 54.3 Å². The van der Waals surface area contributed by atoms with Crippen LogP contribution in [0.25, 0.3) is 0 Å². The lowest BCUT2D eigenvalue weighted by Crippen LogP contribution is -2.53. The van der Waals surface area contributed by atoms with Crippen molar-refractivity contribution in [1.29, 1.82) is 0 Å². The number of amides is 2. The largest absolute Gasteiger partial charge is 0.354 e. The van der Waals surface area contributed by atoms with E-state index in [2.05, 4.69) is 5.32 Å². The number of carbonyl (C=O) groups is 2. The average Bonchev–Trinajstić information content (AvgIpc) is 2.90. The molecular weight excluding hydrogens is 593 g/mol. The standard InChI is InChI=1S/C29H32Cl3N3O4S/c1-4-14-33-29(37)27(15-21-8-6-5-7-9-21)34(18-22-11-13-23(30)16-25(22)32)28(36)19-35(40(3,38)39)26-17-24(31)12-10-20(26)2/h5-13,16-17,27H,4,14-15,18-19H2,1-3H3,(H,33,37)/t27-/m0/s1. The molecule has 0 bridgehead atoms. The number of anilines is 1. The predicted molar refractivity (Wildman–Crippen MR) is 163 cm³/mol. The second-order valence-electron chi connectivity index (χ2n) is 9.45. The summed E-state index contributed by atoms with van der Waals surface area (Å²) in [6.45, 7) is 3.50. The molecule has 0 saturated heterocycles. The highest BCUT2D eigenvalue weighted by atomic mass is 35.5. The smallest absolute Gasteiger partial charge is 0.244 e. The van der Waals surface area contributed by atoms with Gasteiger partial charge in [0.2, 0.25) is 21.8 Å². The van der Waals surface area contributed by atoms with Crippen molar-refractivity contribution >= 4 is 62.3 Å². The van der Waals surface area contributed by atoms with E-state index in [0.29, 0.717) is 39.2 Å². The fraction of sp³-hybridized carbons (Fsp3) is 0.310. The van der Waals surface area contributed by atoms with Crippen LogP contribution >= 0.6 is 34.8 Å². The van der Waals surface area contributed by atoms with Gasteiger partial charge in [0, 0.05) is 34.6 Å². The molecule has 0 saturated carbocycles. The van der Waals surface area contributed by atoms with E-state index >= 15 is 0 Å². The van der Waals surface area contributed by atoms with Crippen LogP contribution in [0.15, 0.2) is 66.7 Å². The molecule has 0 unspecified atom stereocenters. The first-order valence-corrected chi connectivity index (χ1v) is 15.7. The van der Waals surface area contributed by atoms with E-state index in [1.165, 1.54) is 11.0 Å². The SMILES string of the molecule is CCCNC(=O)[C@H](Cc1ccccc1)N(Cc1ccc(Cl)cc1Cl)C(=O)CN(c1cc(Cl)ccc1C)S(C)(=O)=O. The molecule has 11 heteroatoms. The monoisotopic (exact) mass is 623 g/mol. The summed E-state index contributed by atoms with van der Waals surface area (Å²) >= 11 is 18.8. The number of carbonyl (C=O) groups excluding carboxylic acids is 2. The molecule has 40 heavy (non-hydrogen) atoms. The Balaban J connectivity index is 2.10. The van der Waals surface area contributed by atoms with Crippen LogP contribution in [-0.2, 0) is 32.6 Å². The molecule has 3 aromatic rings. The molecule has 0 heterocycles. The summed E-state index contributed by atoms with van der Waals surface area (Å²) in [6.07, 6.45) is 1.94. The van der Waals surface area contributed by atoms with Crippen molar-refractivity contribution in [3.63, 3.8) is 0 Å². The highest BCUT2D eigenvalue weighted by Gasteiger charge is 2.33. The number of halogens is 3. The molecule has 0 aromatic heterocycles. The first-order chi connectivity index (χ1) is 18.9. The van der Waals surface area contributed by atoms with Crippen molar-refractivity contribution in [3.05, 3.63) is 98.5 Å². The van der Waals surface area contributed by atoms with Crippen molar-refractivity contribution in [2.75, 3.05) is 23.7 Å². The third-order valence-corrected chi connectivity index (χ3v) is 8.24. The van der Waals surface area contributed by atoms with Crippen LogP contribution in [0.3, 0.4) is 0 Å². The summed E-state index contributed by atoms with van der Waals surface area (Å²) in [5.41, 5.74) is 2.30. The maximum absolute atomic E-state index is 14.1. The molecule has 0 aliphatic carbocycles. The molecule has 0 spiro atoms. The Morgan fingerprint density at radius 1 is 0.950 bits per heavy atom. The molecule has 2 amide bonds. The van der Waals surface area contributed by atoms with Gasteiger partial charge in [0.1, 0.15) is 12.6 Å². The Labute approximate surface area is 251 Å². The lowest BCUT2D eigenvalue weighted by molar-refractivity contribution is -0.140. The van der Waals surface area contributed by atoms with Gasteiger partial charge in [-0.1, -0.05) is 84.2 Å². The van der Waals surface area contributed by atoms with Gasteiger partial charge in [-0.3, -0.25) is 13.9 Å². The first-order valence-electron chi connectivity index (χ1n) is 12.7. The van der Waals surface area contributed by atoms with Crippen LogP contribution in [0.2, 0.25) is 15.1 Å². The Hall–Kier alpha value is -2.78. The third kappa shape index (κ3) is 8.61. The van der Waals surface area contributed by atoms with Crippen LogP contribution in [-0.4, -0.2) is 50.5 Å². The van der Waals surface area contributed by atoms with Crippen LogP contribution in [0.1, 0.15) is 30.0 Å². The summed E-state index contributed by atoms with van der Waals surface area (Å²) in [6, 6.07) is 18.1. The molecule has 1 atom stereocenters. The minimum absolute atomic E-state index is 0.0436. The molecule has 214 valence electrons. The minimum atomic E-state index is -3.91. The van der Waals surface area contributed by atoms with Gasteiger partial charge in [-0.15, -0.1) is 0 Å². The summed E-state index contributed by atoms with van der Waals surface area (Å²) in [5.74, 6) is -0.933. The maximum Gasteiger partial charge on any atom is 0.244 e. The maximum atomic E-state index is 14.1. The molecule has 0 fully saturated rings. The van der Waals surface area contributed by atoms with Crippen molar-refractivity contribution in [2.45, 2.75) is 39.3 Å². The topological polar surface area (TPSA) is 86.8 Å². The number of nitrogens with zero attached hydrogens (tertiary/aromatic N) is 2. The number of hydrogen-bond donors (Lipinski definition) is 1. The quantitative estimate of drug-likeness (QED) is 0.272. The average molecular weight is 625 g/mol. The second kappa shape index (κ2) is 14.2. The van der Waals surface area contributed by atoms with Crippen LogP contribution < -0.4 is 9.62 Å². The van der Waals surface area contributed by atoms with Crippen molar-refractivity contribution in [1.82, 2.24) is 10.2 Å². The van der Waals surface area contributed by atoms with E-state index in [-0.39, 0.29) is 24.6 Å². The number of hydrogen-bond acceptors (Lipinski definition) is 4. The van der Waals surface area contributed by atoms with Gasteiger partial charge in [-0.25, -0.2) is 8.42 Å². The lowest BCUT2D eigenvalue weighted by Gasteiger charge is -2.34. The van der Waals surface area contributed by atoms with Gasteiger partial charge in [0.15, 0.2) is 0 Å². The summed E-state index contributed by atoms with van der Waals surface area (Å²) in [4.78, 5) is 29.0. The molecule has 1 N–H and O–H groups in total.